The van der Waals surface area contributed by atoms with Crippen LogP contribution in [0, 0.1) is 0 Å². The van der Waals surface area contributed by atoms with Gasteiger partial charge >= 0.3 is 0 Å². The van der Waals surface area contributed by atoms with Crippen molar-refractivity contribution in [2.45, 2.75) is 0 Å². The molecule has 3 aromatic rings. The number of nitrogens with zero attached hydrogens (tertiary/aromatic N) is 3. The predicted molar refractivity (Wildman–Crippen MR) is 65.3 cm³/mol. The number of aromatic nitrogens is 3. The molecule has 0 aliphatic carbocycles. The van der Waals surface area contributed by atoms with Gasteiger partial charge in [0, 0.05) is 0 Å². The van der Waals surface area contributed by atoms with Gasteiger partial charge in [-0.05, 0) is 23.6 Å². The highest BCUT2D eigenvalue weighted by Gasteiger charge is 2.11. The van der Waals surface area contributed by atoms with Crippen LogP contribution in [-0.2, 0) is 0 Å². The van der Waals surface area contributed by atoms with E-state index in [1.54, 1.807) is 29.7 Å². The highest BCUT2D eigenvalue weighted by molar-refractivity contribution is 7.13. The Labute approximate surface area is 101 Å². The third kappa shape index (κ3) is 1.90. The maximum atomic E-state index is 5.56. The number of rotatable bonds is 2. The molecule has 0 bridgehead atoms. The third-order valence-electron chi connectivity index (χ3n) is 2.17. The van der Waals surface area contributed by atoms with Crippen molar-refractivity contribution in [3.8, 4) is 22.3 Å². The summed E-state index contributed by atoms with van der Waals surface area (Å²) >= 11 is 1.56. The van der Waals surface area contributed by atoms with Crippen LogP contribution in [0.5, 0.6) is 0 Å². The van der Waals surface area contributed by atoms with Crippen LogP contribution in [-0.4, -0.2) is 15.1 Å². The molecule has 0 saturated heterocycles. The quantitative estimate of drug-likeness (QED) is 0.749. The fraction of sp³-hybridized carbons (Fsp3) is 0. The second-order valence-electron chi connectivity index (χ2n) is 3.38. The van der Waals surface area contributed by atoms with Gasteiger partial charge < -0.3 is 10.3 Å². The van der Waals surface area contributed by atoms with Crippen molar-refractivity contribution in [3.63, 3.8) is 0 Å². The van der Waals surface area contributed by atoms with E-state index in [-0.39, 0.29) is 0 Å². The molecule has 6 heteroatoms. The Balaban J connectivity index is 1.98. The van der Waals surface area contributed by atoms with Crippen molar-refractivity contribution in [1.82, 2.24) is 15.1 Å². The third-order valence-corrected chi connectivity index (χ3v) is 3.04. The van der Waals surface area contributed by atoms with Crippen LogP contribution >= 0.6 is 11.3 Å². The number of nitrogen functional groups attached to an aromatic ring is 1. The number of nitrogens with two attached hydrogens (primary N) is 1. The van der Waals surface area contributed by atoms with Gasteiger partial charge in [0.15, 0.2) is 0 Å². The van der Waals surface area contributed by atoms with Crippen molar-refractivity contribution >= 4 is 17.0 Å². The highest BCUT2D eigenvalue weighted by atomic mass is 32.1. The van der Waals surface area contributed by atoms with E-state index in [0.29, 0.717) is 23.1 Å². The second-order valence-corrected chi connectivity index (χ2v) is 4.32. The summed E-state index contributed by atoms with van der Waals surface area (Å²) in [5.74, 6) is 0.974. The predicted octanol–water partition coefficient (Wildman–Crippen LogP) is 2.44. The molecule has 5 nitrogen and oxygen atoms in total. The Kier molecular flexibility index (Phi) is 2.34. The standard InChI is InChI=1S/C11H8N4OS/c12-7-3-4-8(13-6-7)11-14-10(15-16-11)9-2-1-5-17-9/h1-6H,12H2. The van der Waals surface area contributed by atoms with Gasteiger partial charge in [-0.1, -0.05) is 11.2 Å². The fourth-order valence-corrected chi connectivity index (χ4v) is 2.01. The fourth-order valence-electron chi connectivity index (χ4n) is 1.37. The number of hydrogen-bond donors (Lipinski definition) is 1. The summed E-state index contributed by atoms with van der Waals surface area (Å²) in [4.78, 5) is 9.38. The molecule has 0 atom stereocenters. The minimum Gasteiger partial charge on any atom is -0.397 e. The average molecular weight is 244 g/mol. The van der Waals surface area contributed by atoms with Crippen molar-refractivity contribution in [2.75, 3.05) is 5.73 Å². The molecule has 0 saturated carbocycles. The molecule has 0 aliphatic rings. The van der Waals surface area contributed by atoms with Crippen LogP contribution in [0.3, 0.4) is 0 Å². The molecule has 3 aromatic heterocycles. The summed E-state index contributed by atoms with van der Waals surface area (Å²) in [6.45, 7) is 0. The number of thiophene rings is 1. The van der Waals surface area contributed by atoms with Crippen LogP contribution < -0.4 is 5.73 Å². The molecule has 0 unspecified atom stereocenters. The largest absolute Gasteiger partial charge is 0.397 e. The van der Waals surface area contributed by atoms with E-state index in [0.717, 1.165) is 4.88 Å². The molecule has 0 aromatic carbocycles. The van der Waals surface area contributed by atoms with Gasteiger partial charge in [0.2, 0.25) is 5.82 Å². The molecule has 3 heterocycles. The first-order valence-electron chi connectivity index (χ1n) is 4.92. The number of pyridine rings is 1. The average Bonchev–Trinajstić information content (AvgIpc) is 3.00. The normalized spacial score (nSPS) is 10.6. The van der Waals surface area contributed by atoms with Crippen LogP contribution in [0.25, 0.3) is 22.3 Å². The van der Waals surface area contributed by atoms with E-state index in [2.05, 4.69) is 15.1 Å². The second kappa shape index (κ2) is 3.99. The smallest absolute Gasteiger partial charge is 0.276 e. The van der Waals surface area contributed by atoms with Gasteiger partial charge in [-0.3, -0.25) is 0 Å². The van der Waals surface area contributed by atoms with Gasteiger partial charge in [-0.2, -0.15) is 4.98 Å². The Hall–Kier alpha value is -2.21. The summed E-state index contributed by atoms with van der Waals surface area (Å²) in [5, 5.41) is 5.88. The number of anilines is 1. The van der Waals surface area contributed by atoms with E-state index < -0.39 is 0 Å². The lowest BCUT2D eigenvalue weighted by Crippen LogP contribution is -1.88. The highest BCUT2D eigenvalue weighted by Crippen LogP contribution is 2.24. The summed E-state index contributed by atoms with van der Waals surface area (Å²) in [7, 11) is 0. The summed E-state index contributed by atoms with van der Waals surface area (Å²) in [6.07, 6.45) is 1.56. The first-order valence-corrected chi connectivity index (χ1v) is 5.80. The molecule has 0 aliphatic heterocycles. The van der Waals surface area contributed by atoms with Crippen LogP contribution in [0.2, 0.25) is 0 Å². The Morgan fingerprint density at radius 3 is 2.88 bits per heavy atom. The maximum absolute atomic E-state index is 5.56. The van der Waals surface area contributed by atoms with E-state index >= 15 is 0 Å². The van der Waals surface area contributed by atoms with E-state index in [9.17, 15) is 0 Å². The van der Waals surface area contributed by atoms with E-state index in [1.807, 2.05) is 17.5 Å². The Morgan fingerprint density at radius 1 is 1.24 bits per heavy atom. The first-order chi connectivity index (χ1) is 8.33. The summed E-state index contributed by atoms with van der Waals surface area (Å²) in [6, 6.07) is 7.38. The Bertz CT molecular complexity index is 615. The van der Waals surface area contributed by atoms with Crippen LogP contribution in [0.4, 0.5) is 5.69 Å². The number of hydrogen-bond acceptors (Lipinski definition) is 6. The van der Waals surface area contributed by atoms with Gasteiger partial charge in [0.1, 0.15) is 5.69 Å². The van der Waals surface area contributed by atoms with Gasteiger partial charge in [-0.15, -0.1) is 11.3 Å². The SMILES string of the molecule is Nc1ccc(-c2nc(-c3cccs3)no2)nc1. The molecular weight excluding hydrogens is 236 g/mol. The zero-order chi connectivity index (χ0) is 11.7. The summed E-state index contributed by atoms with van der Waals surface area (Å²) in [5.41, 5.74) is 6.78. The minimum atomic E-state index is 0.397. The topological polar surface area (TPSA) is 77.8 Å². The molecule has 84 valence electrons. The van der Waals surface area contributed by atoms with Crippen molar-refractivity contribution < 1.29 is 4.52 Å². The molecule has 0 radical (unpaired) electrons. The van der Waals surface area contributed by atoms with Crippen molar-refractivity contribution in [2.24, 2.45) is 0 Å². The molecule has 0 spiro atoms. The Morgan fingerprint density at radius 2 is 2.18 bits per heavy atom. The van der Waals surface area contributed by atoms with E-state index in [1.165, 1.54) is 0 Å². The molecule has 0 fully saturated rings. The molecular formula is C11H8N4OS. The lowest BCUT2D eigenvalue weighted by molar-refractivity contribution is 0.431. The zero-order valence-electron chi connectivity index (χ0n) is 8.70. The zero-order valence-corrected chi connectivity index (χ0v) is 9.52. The molecule has 3 rings (SSSR count). The van der Waals surface area contributed by atoms with Gasteiger partial charge in [0.25, 0.3) is 5.89 Å². The van der Waals surface area contributed by atoms with Gasteiger partial charge in [0.05, 0.1) is 16.8 Å². The van der Waals surface area contributed by atoms with E-state index in [4.69, 9.17) is 10.3 Å². The minimum absolute atomic E-state index is 0.397. The van der Waals surface area contributed by atoms with Gasteiger partial charge in [-0.25, -0.2) is 4.98 Å². The lowest BCUT2D eigenvalue weighted by atomic mass is 10.3. The molecule has 2 N–H and O–H groups in total. The monoisotopic (exact) mass is 244 g/mol. The maximum Gasteiger partial charge on any atom is 0.276 e. The van der Waals surface area contributed by atoms with Crippen LogP contribution in [0.15, 0.2) is 40.4 Å². The van der Waals surface area contributed by atoms with Crippen LogP contribution in [0.1, 0.15) is 0 Å². The molecule has 17 heavy (non-hydrogen) atoms. The first kappa shape index (κ1) is 9.98. The van der Waals surface area contributed by atoms with Crippen molar-refractivity contribution in [3.05, 3.63) is 35.8 Å². The summed E-state index contributed by atoms with van der Waals surface area (Å²) < 4.78 is 5.16. The lowest BCUT2D eigenvalue weighted by Gasteiger charge is -1.93. The molecule has 0 amide bonds. The van der Waals surface area contributed by atoms with Crippen molar-refractivity contribution in [1.29, 1.82) is 0 Å².